The summed E-state index contributed by atoms with van der Waals surface area (Å²) in [6, 6.07) is 4.05. The van der Waals surface area contributed by atoms with E-state index in [4.69, 9.17) is 10.6 Å². The average molecular weight is 248 g/mol. The number of nitrogens with two attached hydrogens (primary N) is 1. The zero-order valence-corrected chi connectivity index (χ0v) is 11.4. The fourth-order valence-electron chi connectivity index (χ4n) is 2.59. The SMILES string of the molecule is COc1cc(C)c(C2(C(=O)N(C)N)CC2)cc1C. The van der Waals surface area contributed by atoms with Crippen molar-refractivity contribution in [3.8, 4) is 5.75 Å². The van der Waals surface area contributed by atoms with Crippen LogP contribution in [0.4, 0.5) is 0 Å². The van der Waals surface area contributed by atoms with Gasteiger partial charge in [-0.15, -0.1) is 0 Å². The number of rotatable bonds is 3. The quantitative estimate of drug-likeness (QED) is 0.503. The van der Waals surface area contributed by atoms with Gasteiger partial charge in [-0.3, -0.25) is 9.80 Å². The molecule has 0 atom stereocenters. The lowest BCUT2D eigenvalue weighted by molar-refractivity contribution is -0.132. The highest BCUT2D eigenvalue weighted by molar-refractivity contribution is 5.91. The molecule has 1 amide bonds. The number of aryl methyl sites for hydroxylation is 2. The Labute approximate surface area is 108 Å². The minimum absolute atomic E-state index is 0.00448. The highest BCUT2D eigenvalue weighted by Crippen LogP contribution is 2.51. The molecule has 1 fully saturated rings. The number of hydrogen-bond acceptors (Lipinski definition) is 3. The van der Waals surface area contributed by atoms with Crippen LogP contribution in [0, 0.1) is 13.8 Å². The maximum absolute atomic E-state index is 12.2. The van der Waals surface area contributed by atoms with E-state index in [1.165, 1.54) is 5.01 Å². The standard InChI is InChI=1S/C14H20N2O2/c1-9-8-12(18-4)10(2)7-11(9)14(5-6-14)13(17)16(3)15/h7-8H,5-6,15H2,1-4H3. The molecule has 1 aromatic carbocycles. The van der Waals surface area contributed by atoms with E-state index in [0.717, 1.165) is 35.3 Å². The molecule has 1 aliphatic rings. The Kier molecular flexibility index (Phi) is 3.07. The van der Waals surface area contributed by atoms with Crippen LogP contribution < -0.4 is 10.6 Å². The Balaban J connectivity index is 2.46. The van der Waals surface area contributed by atoms with Crippen molar-refractivity contribution in [2.45, 2.75) is 32.1 Å². The first-order chi connectivity index (χ1) is 8.42. The van der Waals surface area contributed by atoms with E-state index in [1.54, 1.807) is 14.2 Å². The molecule has 0 spiro atoms. The van der Waals surface area contributed by atoms with Crippen molar-refractivity contribution < 1.29 is 9.53 Å². The largest absolute Gasteiger partial charge is 0.496 e. The fourth-order valence-corrected chi connectivity index (χ4v) is 2.59. The Morgan fingerprint density at radius 1 is 1.33 bits per heavy atom. The van der Waals surface area contributed by atoms with Gasteiger partial charge in [0.25, 0.3) is 0 Å². The first-order valence-electron chi connectivity index (χ1n) is 6.11. The number of hydrazine groups is 1. The topological polar surface area (TPSA) is 55.6 Å². The van der Waals surface area contributed by atoms with Gasteiger partial charge >= 0.3 is 0 Å². The number of nitrogens with zero attached hydrogens (tertiary/aromatic N) is 1. The Bertz CT molecular complexity index is 491. The van der Waals surface area contributed by atoms with Crippen LogP contribution >= 0.6 is 0 Å². The molecule has 4 nitrogen and oxygen atoms in total. The van der Waals surface area contributed by atoms with Crippen molar-refractivity contribution in [3.05, 3.63) is 28.8 Å². The number of benzene rings is 1. The summed E-state index contributed by atoms with van der Waals surface area (Å²) in [5, 5.41) is 1.20. The van der Waals surface area contributed by atoms with Crippen LogP contribution in [-0.4, -0.2) is 25.1 Å². The maximum atomic E-state index is 12.2. The van der Waals surface area contributed by atoms with E-state index in [-0.39, 0.29) is 5.91 Å². The monoisotopic (exact) mass is 248 g/mol. The van der Waals surface area contributed by atoms with Gasteiger partial charge in [-0.2, -0.15) is 0 Å². The van der Waals surface area contributed by atoms with E-state index in [2.05, 4.69) is 6.07 Å². The number of methoxy groups -OCH3 is 1. The molecule has 18 heavy (non-hydrogen) atoms. The Morgan fingerprint density at radius 2 is 1.94 bits per heavy atom. The molecule has 0 bridgehead atoms. The summed E-state index contributed by atoms with van der Waals surface area (Å²) < 4.78 is 5.30. The number of amides is 1. The van der Waals surface area contributed by atoms with Crippen LogP contribution in [0.5, 0.6) is 5.75 Å². The third-order valence-corrected chi connectivity index (χ3v) is 3.74. The molecular weight excluding hydrogens is 228 g/mol. The Morgan fingerprint density at radius 3 is 2.39 bits per heavy atom. The average Bonchev–Trinajstić information content (AvgIpc) is 3.11. The molecule has 0 aliphatic heterocycles. The summed E-state index contributed by atoms with van der Waals surface area (Å²) in [4.78, 5) is 12.2. The van der Waals surface area contributed by atoms with E-state index in [9.17, 15) is 4.79 Å². The zero-order valence-electron chi connectivity index (χ0n) is 11.4. The molecule has 98 valence electrons. The van der Waals surface area contributed by atoms with Gasteiger partial charge in [0, 0.05) is 7.05 Å². The number of carbonyl (C=O) groups is 1. The van der Waals surface area contributed by atoms with E-state index in [0.29, 0.717) is 0 Å². The number of carbonyl (C=O) groups excluding carboxylic acids is 1. The first kappa shape index (κ1) is 12.9. The summed E-state index contributed by atoms with van der Waals surface area (Å²) in [5.74, 6) is 6.46. The van der Waals surface area contributed by atoms with Crippen LogP contribution in [0.1, 0.15) is 29.5 Å². The second kappa shape index (κ2) is 4.28. The van der Waals surface area contributed by atoms with Crippen molar-refractivity contribution >= 4 is 5.91 Å². The smallest absolute Gasteiger partial charge is 0.246 e. The van der Waals surface area contributed by atoms with E-state index in [1.807, 2.05) is 19.9 Å². The zero-order chi connectivity index (χ0) is 13.5. The summed E-state index contributed by atoms with van der Waals surface area (Å²) in [5.41, 5.74) is 2.83. The molecule has 0 aromatic heterocycles. The molecule has 1 aliphatic carbocycles. The normalized spacial score (nSPS) is 16.3. The van der Waals surface area contributed by atoms with Gasteiger partial charge < -0.3 is 4.74 Å². The molecule has 2 rings (SSSR count). The van der Waals surface area contributed by atoms with Gasteiger partial charge in [-0.1, -0.05) is 6.07 Å². The summed E-state index contributed by atoms with van der Waals surface area (Å²) in [6.07, 6.45) is 1.75. The molecule has 0 heterocycles. The molecule has 1 aromatic rings. The van der Waals surface area contributed by atoms with Crippen LogP contribution in [0.25, 0.3) is 0 Å². The van der Waals surface area contributed by atoms with E-state index >= 15 is 0 Å². The van der Waals surface area contributed by atoms with Crippen molar-refractivity contribution in [1.29, 1.82) is 0 Å². The summed E-state index contributed by atoms with van der Waals surface area (Å²) in [7, 11) is 3.27. The predicted molar refractivity (Wildman–Crippen MR) is 70.3 cm³/mol. The lowest BCUT2D eigenvalue weighted by Gasteiger charge is -2.22. The van der Waals surface area contributed by atoms with Crippen LogP contribution in [0.2, 0.25) is 0 Å². The summed E-state index contributed by atoms with van der Waals surface area (Å²) in [6.45, 7) is 4.01. The van der Waals surface area contributed by atoms with Gasteiger partial charge in [0.1, 0.15) is 5.75 Å². The lowest BCUT2D eigenvalue weighted by atomic mass is 9.89. The highest BCUT2D eigenvalue weighted by Gasteiger charge is 2.53. The number of likely N-dealkylation sites (N-methyl/N-ethyl adjacent to an activating group) is 1. The third kappa shape index (κ3) is 1.86. The van der Waals surface area contributed by atoms with Gasteiger partial charge in [-0.25, -0.2) is 5.84 Å². The maximum Gasteiger partial charge on any atom is 0.246 e. The van der Waals surface area contributed by atoms with Crippen LogP contribution in [-0.2, 0) is 10.2 Å². The van der Waals surface area contributed by atoms with Crippen LogP contribution in [0.15, 0.2) is 12.1 Å². The van der Waals surface area contributed by atoms with Crippen molar-refractivity contribution in [2.75, 3.05) is 14.2 Å². The summed E-state index contributed by atoms with van der Waals surface area (Å²) >= 11 is 0. The van der Waals surface area contributed by atoms with E-state index < -0.39 is 5.41 Å². The Hall–Kier alpha value is -1.55. The van der Waals surface area contributed by atoms with Crippen molar-refractivity contribution in [2.24, 2.45) is 5.84 Å². The van der Waals surface area contributed by atoms with Gasteiger partial charge in [0.2, 0.25) is 5.91 Å². The molecule has 1 saturated carbocycles. The molecule has 2 N–H and O–H groups in total. The molecular formula is C14H20N2O2. The fraction of sp³-hybridized carbons (Fsp3) is 0.500. The molecule has 0 radical (unpaired) electrons. The lowest BCUT2D eigenvalue weighted by Crippen LogP contribution is -2.41. The van der Waals surface area contributed by atoms with Gasteiger partial charge in [0.15, 0.2) is 0 Å². The third-order valence-electron chi connectivity index (χ3n) is 3.74. The minimum atomic E-state index is -0.398. The van der Waals surface area contributed by atoms with Crippen molar-refractivity contribution in [1.82, 2.24) is 5.01 Å². The minimum Gasteiger partial charge on any atom is -0.496 e. The number of ether oxygens (including phenoxy) is 1. The number of hydrogen-bond donors (Lipinski definition) is 1. The van der Waals surface area contributed by atoms with Crippen LogP contribution in [0.3, 0.4) is 0 Å². The second-order valence-electron chi connectivity index (χ2n) is 5.13. The first-order valence-corrected chi connectivity index (χ1v) is 6.11. The van der Waals surface area contributed by atoms with Crippen molar-refractivity contribution in [3.63, 3.8) is 0 Å². The predicted octanol–water partition coefficient (Wildman–Crippen LogP) is 1.68. The molecule has 4 heteroatoms. The van der Waals surface area contributed by atoms with Gasteiger partial charge in [0.05, 0.1) is 12.5 Å². The highest BCUT2D eigenvalue weighted by atomic mass is 16.5. The second-order valence-corrected chi connectivity index (χ2v) is 5.13. The van der Waals surface area contributed by atoms with Gasteiger partial charge in [-0.05, 0) is 49.4 Å². The molecule has 0 saturated heterocycles. The molecule has 0 unspecified atom stereocenters.